The number of hydrogen-bond donors (Lipinski definition) is 1. The van der Waals surface area contributed by atoms with Crippen LogP contribution in [0.4, 0.5) is 0 Å². The summed E-state index contributed by atoms with van der Waals surface area (Å²) in [7, 11) is 1.70. The molecule has 1 aliphatic carbocycles. The molecule has 1 aromatic carbocycles. The van der Waals surface area contributed by atoms with Crippen LogP contribution >= 0.6 is 15.9 Å². The molecule has 2 rings (SSSR count). The van der Waals surface area contributed by atoms with E-state index in [-0.39, 0.29) is 17.6 Å². The lowest BCUT2D eigenvalue weighted by molar-refractivity contribution is -0.134. The first kappa shape index (κ1) is 14.5. The minimum atomic E-state index is -0.211. The van der Waals surface area contributed by atoms with Crippen molar-refractivity contribution < 1.29 is 9.53 Å². The number of benzene rings is 1. The maximum Gasteiger partial charge on any atom is 0.223 e. The molecule has 1 amide bonds. The van der Waals surface area contributed by atoms with Crippen molar-refractivity contribution >= 4 is 21.8 Å². The van der Waals surface area contributed by atoms with E-state index in [0.29, 0.717) is 11.8 Å². The van der Waals surface area contributed by atoms with Gasteiger partial charge in [0.2, 0.25) is 5.91 Å². The normalized spacial score (nSPS) is 18.4. The molecule has 0 spiro atoms. The highest BCUT2D eigenvalue weighted by Crippen LogP contribution is 2.38. The molecule has 1 atom stereocenters. The van der Waals surface area contributed by atoms with Crippen LogP contribution in [0, 0.1) is 0 Å². The molecule has 1 N–H and O–H groups in total. The van der Waals surface area contributed by atoms with E-state index in [1.54, 1.807) is 7.11 Å². The number of halogens is 1. The number of carbonyl (C=O) groups excluding carboxylic acids is 1. The van der Waals surface area contributed by atoms with Gasteiger partial charge in [0.25, 0.3) is 0 Å². The van der Waals surface area contributed by atoms with E-state index >= 15 is 0 Å². The first-order valence-corrected chi connectivity index (χ1v) is 7.77. The van der Waals surface area contributed by atoms with Gasteiger partial charge in [0, 0.05) is 12.4 Å². The zero-order chi connectivity index (χ0) is 13.7. The molecule has 0 heterocycles. The molecule has 0 aliphatic heterocycles. The minimum absolute atomic E-state index is 0.0164. The van der Waals surface area contributed by atoms with Gasteiger partial charge in [0.05, 0.1) is 18.1 Å². The standard InChI is InChI=1S/C15H20BrNO2/c1-19-15(8-5-9-15)10-14(18)17-13(11-16)12-6-3-2-4-7-12/h2-4,6-7,13H,5,8-11H2,1H3,(H,17,18). The predicted molar refractivity (Wildman–Crippen MR) is 79.3 cm³/mol. The molecule has 19 heavy (non-hydrogen) atoms. The van der Waals surface area contributed by atoms with Crippen molar-refractivity contribution in [2.75, 3.05) is 12.4 Å². The van der Waals surface area contributed by atoms with Crippen LogP contribution in [-0.2, 0) is 9.53 Å². The lowest BCUT2D eigenvalue weighted by Crippen LogP contribution is -2.44. The van der Waals surface area contributed by atoms with Gasteiger partial charge in [-0.25, -0.2) is 0 Å². The number of amides is 1. The van der Waals surface area contributed by atoms with Crippen LogP contribution in [-0.4, -0.2) is 23.9 Å². The number of alkyl halides is 1. The minimum Gasteiger partial charge on any atom is -0.378 e. The first-order valence-electron chi connectivity index (χ1n) is 6.64. The molecule has 0 saturated heterocycles. The maximum atomic E-state index is 12.1. The van der Waals surface area contributed by atoms with Gasteiger partial charge in [-0.1, -0.05) is 46.3 Å². The molecule has 1 unspecified atom stereocenters. The Morgan fingerprint density at radius 2 is 2.11 bits per heavy atom. The Bertz CT molecular complexity index is 412. The Hall–Kier alpha value is -0.870. The second-order valence-electron chi connectivity index (χ2n) is 5.10. The summed E-state index contributed by atoms with van der Waals surface area (Å²) in [5.74, 6) is 0.0647. The fourth-order valence-electron chi connectivity index (χ4n) is 2.46. The molecule has 0 radical (unpaired) electrons. The van der Waals surface area contributed by atoms with Crippen molar-refractivity contribution in [1.29, 1.82) is 0 Å². The maximum absolute atomic E-state index is 12.1. The van der Waals surface area contributed by atoms with Crippen molar-refractivity contribution in [3.05, 3.63) is 35.9 Å². The average Bonchev–Trinajstić information content (AvgIpc) is 2.41. The molecule has 1 saturated carbocycles. The largest absolute Gasteiger partial charge is 0.378 e. The fourth-order valence-corrected chi connectivity index (χ4v) is 2.99. The summed E-state index contributed by atoms with van der Waals surface area (Å²) >= 11 is 3.46. The van der Waals surface area contributed by atoms with Crippen LogP contribution in [0.25, 0.3) is 0 Å². The average molecular weight is 326 g/mol. The third-order valence-electron chi connectivity index (χ3n) is 3.87. The summed E-state index contributed by atoms with van der Waals surface area (Å²) in [6.45, 7) is 0. The summed E-state index contributed by atoms with van der Waals surface area (Å²) in [6, 6.07) is 10.0. The highest BCUT2D eigenvalue weighted by atomic mass is 79.9. The number of ether oxygens (including phenoxy) is 1. The SMILES string of the molecule is COC1(CC(=O)NC(CBr)c2ccccc2)CCC1. The Morgan fingerprint density at radius 3 is 2.58 bits per heavy atom. The van der Waals surface area contributed by atoms with Gasteiger partial charge in [-0.05, 0) is 24.8 Å². The summed E-state index contributed by atoms with van der Waals surface area (Å²) in [5.41, 5.74) is 0.908. The molecule has 1 aliphatic rings. The summed E-state index contributed by atoms with van der Waals surface area (Å²) < 4.78 is 5.49. The van der Waals surface area contributed by atoms with Crippen molar-refractivity contribution in [3.63, 3.8) is 0 Å². The number of hydrogen-bond acceptors (Lipinski definition) is 2. The third-order valence-corrected chi connectivity index (χ3v) is 4.52. The predicted octanol–water partition coefficient (Wildman–Crippen LogP) is 3.20. The molecule has 1 fully saturated rings. The molecule has 4 heteroatoms. The highest BCUT2D eigenvalue weighted by Gasteiger charge is 2.39. The Kier molecular flexibility index (Phi) is 4.99. The quantitative estimate of drug-likeness (QED) is 0.816. The van der Waals surface area contributed by atoms with E-state index in [4.69, 9.17) is 4.74 Å². The number of carbonyl (C=O) groups is 1. The van der Waals surface area contributed by atoms with E-state index in [2.05, 4.69) is 21.2 Å². The highest BCUT2D eigenvalue weighted by molar-refractivity contribution is 9.09. The second-order valence-corrected chi connectivity index (χ2v) is 5.75. The van der Waals surface area contributed by atoms with E-state index < -0.39 is 0 Å². The molecule has 3 nitrogen and oxygen atoms in total. The van der Waals surface area contributed by atoms with Gasteiger partial charge in [0.1, 0.15) is 0 Å². The van der Waals surface area contributed by atoms with Crippen LogP contribution < -0.4 is 5.32 Å². The molecule has 0 aromatic heterocycles. The van der Waals surface area contributed by atoms with Crippen LogP contribution in [0.15, 0.2) is 30.3 Å². The molecular formula is C15H20BrNO2. The van der Waals surface area contributed by atoms with Gasteiger partial charge >= 0.3 is 0 Å². The van der Waals surface area contributed by atoms with Crippen molar-refractivity contribution in [2.24, 2.45) is 0 Å². The molecule has 1 aromatic rings. The van der Waals surface area contributed by atoms with Crippen LogP contribution in [0.2, 0.25) is 0 Å². The number of methoxy groups -OCH3 is 1. The lowest BCUT2D eigenvalue weighted by atomic mass is 9.77. The topological polar surface area (TPSA) is 38.3 Å². The Morgan fingerprint density at radius 1 is 1.42 bits per heavy atom. The van der Waals surface area contributed by atoms with Gasteiger partial charge in [0.15, 0.2) is 0 Å². The fraction of sp³-hybridized carbons (Fsp3) is 0.533. The molecule has 104 valence electrons. The van der Waals surface area contributed by atoms with E-state index in [0.717, 1.165) is 24.8 Å². The monoisotopic (exact) mass is 325 g/mol. The zero-order valence-electron chi connectivity index (χ0n) is 11.2. The van der Waals surface area contributed by atoms with E-state index in [1.807, 2.05) is 30.3 Å². The van der Waals surface area contributed by atoms with Gasteiger partial charge in [-0.3, -0.25) is 4.79 Å². The van der Waals surface area contributed by atoms with Crippen LogP contribution in [0.5, 0.6) is 0 Å². The summed E-state index contributed by atoms with van der Waals surface area (Å²) in [4.78, 5) is 12.1. The van der Waals surface area contributed by atoms with Gasteiger partial charge < -0.3 is 10.1 Å². The summed E-state index contributed by atoms with van der Waals surface area (Å²) in [6.07, 6.45) is 3.59. The first-order chi connectivity index (χ1) is 9.19. The van der Waals surface area contributed by atoms with Gasteiger partial charge in [-0.15, -0.1) is 0 Å². The van der Waals surface area contributed by atoms with Crippen molar-refractivity contribution in [1.82, 2.24) is 5.32 Å². The third kappa shape index (κ3) is 3.57. The zero-order valence-corrected chi connectivity index (χ0v) is 12.8. The van der Waals surface area contributed by atoms with Crippen molar-refractivity contribution in [3.8, 4) is 0 Å². The lowest BCUT2D eigenvalue weighted by Gasteiger charge is -2.40. The van der Waals surface area contributed by atoms with E-state index in [1.165, 1.54) is 0 Å². The second kappa shape index (κ2) is 6.53. The number of nitrogens with one attached hydrogen (secondary N) is 1. The Balaban J connectivity index is 1.93. The summed E-state index contributed by atoms with van der Waals surface area (Å²) in [5, 5.41) is 3.79. The van der Waals surface area contributed by atoms with E-state index in [9.17, 15) is 4.79 Å². The Labute approximate surface area is 122 Å². The molecular weight excluding hydrogens is 306 g/mol. The smallest absolute Gasteiger partial charge is 0.223 e. The molecule has 0 bridgehead atoms. The van der Waals surface area contributed by atoms with Crippen LogP contribution in [0.3, 0.4) is 0 Å². The number of rotatable bonds is 6. The van der Waals surface area contributed by atoms with Gasteiger partial charge in [-0.2, -0.15) is 0 Å². The van der Waals surface area contributed by atoms with Crippen LogP contribution in [0.1, 0.15) is 37.3 Å². The van der Waals surface area contributed by atoms with Crippen molar-refractivity contribution in [2.45, 2.75) is 37.3 Å².